The van der Waals surface area contributed by atoms with Crippen LogP contribution < -0.4 is 11.1 Å². The zero-order valence-corrected chi connectivity index (χ0v) is 9.31. The van der Waals surface area contributed by atoms with Crippen LogP contribution in [0.5, 0.6) is 0 Å². The molecular weight excluding hydrogens is 216 g/mol. The molecule has 0 aliphatic rings. The number of benzene rings is 1. The number of hydrogen-bond donors (Lipinski definition) is 3. The van der Waals surface area contributed by atoms with Gasteiger partial charge in [-0.15, -0.1) is 0 Å². The van der Waals surface area contributed by atoms with E-state index in [9.17, 15) is 4.79 Å². The number of carbonyl (C=O) groups excluding carboxylic acids is 1. The summed E-state index contributed by atoms with van der Waals surface area (Å²) >= 11 is 0. The smallest absolute Gasteiger partial charge is 0.256 e. The summed E-state index contributed by atoms with van der Waals surface area (Å²) < 4.78 is 0. The number of carbonyl (C=O) groups is 1. The molecule has 0 saturated heterocycles. The van der Waals surface area contributed by atoms with Crippen molar-refractivity contribution in [3.05, 3.63) is 47.7 Å². The van der Waals surface area contributed by atoms with Crippen LogP contribution in [0.15, 0.2) is 36.5 Å². The number of rotatable bonds is 4. The van der Waals surface area contributed by atoms with Crippen LogP contribution in [0.3, 0.4) is 0 Å². The zero-order chi connectivity index (χ0) is 12.1. The second-order valence-corrected chi connectivity index (χ2v) is 3.69. The van der Waals surface area contributed by atoms with Gasteiger partial charge in [-0.1, -0.05) is 30.3 Å². The highest BCUT2D eigenvalue weighted by Crippen LogP contribution is 2.05. The van der Waals surface area contributed by atoms with Crippen LogP contribution in [0.25, 0.3) is 0 Å². The maximum absolute atomic E-state index is 11.7. The van der Waals surface area contributed by atoms with Crippen molar-refractivity contribution in [3.8, 4) is 0 Å². The van der Waals surface area contributed by atoms with Crippen molar-refractivity contribution in [2.24, 2.45) is 0 Å². The van der Waals surface area contributed by atoms with Crippen molar-refractivity contribution in [1.29, 1.82) is 0 Å². The summed E-state index contributed by atoms with van der Waals surface area (Å²) in [6.07, 6.45) is 2.22. The largest absolute Gasteiger partial charge is 0.383 e. The molecule has 4 N–H and O–H groups in total. The molecular formula is C12H14N4O. The fourth-order valence-electron chi connectivity index (χ4n) is 1.54. The lowest BCUT2D eigenvalue weighted by atomic mass is 10.1. The van der Waals surface area contributed by atoms with E-state index in [-0.39, 0.29) is 5.91 Å². The lowest BCUT2D eigenvalue weighted by molar-refractivity contribution is 0.0955. The first-order valence-corrected chi connectivity index (χ1v) is 5.38. The van der Waals surface area contributed by atoms with Gasteiger partial charge in [-0.25, -0.2) is 0 Å². The van der Waals surface area contributed by atoms with Gasteiger partial charge in [0.1, 0.15) is 11.4 Å². The van der Waals surface area contributed by atoms with E-state index >= 15 is 0 Å². The second kappa shape index (κ2) is 5.16. The average molecular weight is 230 g/mol. The lowest BCUT2D eigenvalue weighted by Crippen LogP contribution is -2.26. The Labute approximate surface area is 99.0 Å². The van der Waals surface area contributed by atoms with E-state index in [0.717, 1.165) is 6.42 Å². The fourth-order valence-corrected chi connectivity index (χ4v) is 1.54. The Morgan fingerprint density at radius 1 is 1.35 bits per heavy atom. The van der Waals surface area contributed by atoms with Gasteiger partial charge in [0, 0.05) is 6.54 Å². The third-order valence-electron chi connectivity index (χ3n) is 2.46. The van der Waals surface area contributed by atoms with Crippen LogP contribution in [0.4, 0.5) is 5.82 Å². The molecule has 1 amide bonds. The molecule has 0 radical (unpaired) electrons. The first-order chi connectivity index (χ1) is 8.27. The van der Waals surface area contributed by atoms with Gasteiger partial charge < -0.3 is 11.1 Å². The highest BCUT2D eigenvalue weighted by atomic mass is 16.1. The Kier molecular flexibility index (Phi) is 3.40. The van der Waals surface area contributed by atoms with Crippen LogP contribution in [-0.4, -0.2) is 22.6 Å². The van der Waals surface area contributed by atoms with Crippen molar-refractivity contribution in [1.82, 2.24) is 15.5 Å². The summed E-state index contributed by atoms with van der Waals surface area (Å²) in [7, 11) is 0. The number of aromatic amines is 1. The third kappa shape index (κ3) is 2.84. The van der Waals surface area contributed by atoms with Gasteiger partial charge in [0.2, 0.25) is 0 Å². The van der Waals surface area contributed by atoms with E-state index in [2.05, 4.69) is 15.5 Å². The molecule has 88 valence electrons. The van der Waals surface area contributed by atoms with Gasteiger partial charge in [0.25, 0.3) is 5.91 Å². The fraction of sp³-hybridized carbons (Fsp3) is 0.167. The van der Waals surface area contributed by atoms with E-state index in [1.165, 1.54) is 11.8 Å². The van der Waals surface area contributed by atoms with E-state index in [1.54, 1.807) is 0 Å². The van der Waals surface area contributed by atoms with Crippen molar-refractivity contribution < 1.29 is 4.79 Å². The number of amides is 1. The molecule has 1 heterocycles. The number of nitrogens with zero attached hydrogens (tertiary/aromatic N) is 1. The molecule has 0 aliphatic carbocycles. The first-order valence-electron chi connectivity index (χ1n) is 5.38. The minimum absolute atomic E-state index is 0.202. The Balaban J connectivity index is 1.84. The molecule has 2 aromatic rings. The average Bonchev–Trinajstić information content (AvgIpc) is 2.77. The van der Waals surface area contributed by atoms with E-state index in [0.29, 0.717) is 17.9 Å². The molecule has 0 unspecified atom stereocenters. The zero-order valence-electron chi connectivity index (χ0n) is 9.31. The summed E-state index contributed by atoms with van der Waals surface area (Å²) in [4.78, 5) is 11.7. The minimum Gasteiger partial charge on any atom is -0.383 e. The second-order valence-electron chi connectivity index (χ2n) is 3.69. The SMILES string of the molecule is Nc1[nH]ncc1C(=O)NCCc1ccccc1. The molecule has 0 saturated carbocycles. The summed E-state index contributed by atoms with van der Waals surface area (Å²) in [6, 6.07) is 9.97. The number of nitrogen functional groups attached to an aromatic ring is 1. The molecule has 5 nitrogen and oxygen atoms in total. The molecule has 0 aliphatic heterocycles. The molecule has 0 spiro atoms. The van der Waals surface area contributed by atoms with Gasteiger partial charge >= 0.3 is 0 Å². The van der Waals surface area contributed by atoms with Crippen LogP contribution >= 0.6 is 0 Å². The Hall–Kier alpha value is -2.30. The lowest BCUT2D eigenvalue weighted by Gasteiger charge is -2.04. The van der Waals surface area contributed by atoms with Gasteiger partial charge in [-0.05, 0) is 12.0 Å². The first kappa shape index (κ1) is 11.2. The van der Waals surface area contributed by atoms with Gasteiger partial charge in [-0.2, -0.15) is 5.10 Å². The standard InChI is InChI=1S/C12H14N4O/c13-11-10(8-15-16-11)12(17)14-7-6-9-4-2-1-3-5-9/h1-5,8H,6-7H2,(H,14,17)(H3,13,15,16). The minimum atomic E-state index is -0.202. The number of aromatic nitrogens is 2. The number of hydrogen-bond acceptors (Lipinski definition) is 3. The normalized spacial score (nSPS) is 10.1. The van der Waals surface area contributed by atoms with Crippen LogP contribution in [0, 0.1) is 0 Å². The number of anilines is 1. The Morgan fingerprint density at radius 2 is 2.12 bits per heavy atom. The monoisotopic (exact) mass is 230 g/mol. The summed E-state index contributed by atoms with van der Waals surface area (Å²) in [5.41, 5.74) is 7.12. The maximum atomic E-state index is 11.7. The summed E-state index contributed by atoms with van der Waals surface area (Å²) in [5, 5.41) is 9.02. The summed E-state index contributed by atoms with van der Waals surface area (Å²) in [6.45, 7) is 0.577. The molecule has 0 atom stereocenters. The maximum Gasteiger partial charge on any atom is 0.256 e. The van der Waals surface area contributed by atoms with Crippen LogP contribution in [-0.2, 0) is 6.42 Å². The number of nitrogens with one attached hydrogen (secondary N) is 2. The quantitative estimate of drug-likeness (QED) is 0.731. The highest BCUT2D eigenvalue weighted by Gasteiger charge is 2.10. The Bertz CT molecular complexity index is 492. The van der Waals surface area contributed by atoms with Crippen molar-refractivity contribution >= 4 is 11.7 Å². The molecule has 17 heavy (non-hydrogen) atoms. The van der Waals surface area contributed by atoms with Gasteiger partial charge in [0.15, 0.2) is 0 Å². The number of nitrogens with two attached hydrogens (primary N) is 1. The molecule has 0 fully saturated rings. The predicted molar refractivity (Wildman–Crippen MR) is 65.5 cm³/mol. The highest BCUT2D eigenvalue weighted by molar-refractivity contribution is 5.98. The Morgan fingerprint density at radius 3 is 2.76 bits per heavy atom. The van der Waals surface area contributed by atoms with Crippen molar-refractivity contribution in [2.45, 2.75) is 6.42 Å². The van der Waals surface area contributed by atoms with Crippen molar-refractivity contribution in [3.63, 3.8) is 0 Å². The van der Waals surface area contributed by atoms with E-state index < -0.39 is 0 Å². The van der Waals surface area contributed by atoms with E-state index in [4.69, 9.17) is 5.73 Å². The molecule has 1 aromatic heterocycles. The van der Waals surface area contributed by atoms with Crippen LogP contribution in [0.1, 0.15) is 15.9 Å². The third-order valence-corrected chi connectivity index (χ3v) is 2.46. The van der Waals surface area contributed by atoms with E-state index in [1.807, 2.05) is 30.3 Å². The topological polar surface area (TPSA) is 83.8 Å². The molecule has 0 bridgehead atoms. The van der Waals surface area contributed by atoms with Gasteiger partial charge in [0.05, 0.1) is 6.20 Å². The number of H-pyrrole nitrogens is 1. The molecule has 2 rings (SSSR count). The van der Waals surface area contributed by atoms with Crippen LogP contribution in [0.2, 0.25) is 0 Å². The predicted octanol–water partition coefficient (Wildman–Crippen LogP) is 0.964. The van der Waals surface area contributed by atoms with Gasteiger partial charge in [-0.3, -0.25) is 9.89 Å². The summed E-state index contributed by atoms with van der Waals surface area (Å²) in [5.74, 6) is 0.0920. The molecule has 1 aromatic carbocycles. The molecule has 5 heteroatoms. The van der Waals surface area contributed by atoms with Crippen molar-refractivity contribution in [2.75, 3.05) is 12.3 Å².